The Labute approximate surface area is 114 Å². The minimum Gasteiger partial charge on any atom is -0.507 e. The molecule has 0 aliphatic carbocycles. The number of hydrogen-bond donors (Lipinski definition) is 1. The zero-order valence-electron chi connectivity index (χ0n) is 10.2. The van der Waals surface area contributed by atoms with Gasteiger partial charge in [-0.2, -0.15) is 5.10 Å². The van der Waals surface area contributed by atoms with Gasteiger partial charge in [0.25, 0.3) is 0 Å². The van der Waals surface area contributed by atoms with Gasteiger partial charge in [-0.3, -0.25) is 0 Å². The summed E-state index contributed by atoms with van der Waals surface area (Å²) in [4.78, 5) is 0. The van der Waals surface area contributed by atoms with Crippen molar-refractivity contribution in [3.63, 3.8) is 0 Å². The monoisotopic (exact) mass is 274 g/mol. The lowest BCUT2D eigenvalue weighted by molar-refractivity contribution is 0.415. The molecule has 0 saturated heterocycles. The van der Waals surface area contributed by atoms with E-state index < -0.39 is 0 Å². The quantitative estimate of drug-likeness (QED) is 0.779. The molecule has 19 heavy (non-hydrogen) atoms. The largest absolute Gasteiger partial charge is 0.507 e. The Morgan fingerprint density at radius 3 is 2.79 bits per heavy atom. The van der Waals surface area contributed by atoms with Crippen molar-refractivity contribution < 1.29 is 9.84 Å². The van der Waals surface area contributed by atoms with Crippen LogP contribution in [-0.2, 0) is 0 Å². The van der Waals surface area contributed by atoms with E-state index in [1.807, 2.05) is 12.1 Å². The van der Waals surface area contributed by atoms with E-state index in [4.69, 9.17) is 16.3 Å². The first kappa shape index (κ1) is 11.9. The van der Waals surface area contributed by atoms with Gasteiger partial charge in [-0.15, -0.1) is 0 Å². The normalized spacial score (nSPS) is 10.8. The molecule has 0 fully saturated rings. The first-order valence-electron chi connectivity index (χ1n) is 5.70. The van der Waals surface area contributed by atoms with E-state index in [1.54, 1.807) is 42.4 Å². The molecule has 0 unspecified atom stereocenters. The van der Waals surface area contributed by atoms with Crippen LogP contribution in [0.5, 0.6) is 11.5 Å². The van der Waals surface area contributed by atoms with Crippen molar-refractivity contribution in [3.05, 3.63) is 47.7 Å². The van der Waals surface area contributed by atoms with Gasteiger partial charge in [-0.25, -0.2) is 4.68 Å². The fourth-order valence-corrected chi connectivity index (χ4v) is 2.35. The molecule has 0 saturated carbocycles. The maximum absolute atomic E-state index is 10.1. The zero-order valence-corrected chi connectivity index (χ0v) is 10.9. The molecule has 0 radical (unpaired) electrons. The van der Waals surface area contributed by atoms with Gasteiger partial charge in [0.15, 0.2) is 0 Å². The SMILES string of the molecule is COc1ccc2c(O)cc(-n3cccn3)cc2c1Cl. The molecule has 96 valence electrons. The predicted octanol–water partition coefficient (Wildman–Crippen LogP) is 3.39. The summed E-state index contributed by atoms with van der Waals surface area (Å²) < 4.78 is 6.85. The van der Waals surface area contributed by atoms with E-state index in [2.05, 4.69) is 5.10 Å². The van der Waals surface area contributed by atoms with Crippen LogP contribution in [0.4, 0.5) is 0 Å². The number of rotatable bonds is 2. The number of phenols is 1. The lowest BCUT2D eigenvalue weighted by atomic mass is 10.1. The molecule has 1 N–H and O–H groups in total. The van der Waals surface area contributed by atoms with Crippen molar-refractivity contribution in [1.29, 1.82) is 0 Å². The lowest BCUT2D eigenvalue weighted by Gasteiger charge is -2.10. The highest BCUT2D eigenvalue weighted by atomic mass is 35.5. The molecule has 3 rings (SSSR count). The van der Waals surface area contributed by atoms with Crippen LogP contribution in [0.1, 0.15) is 0 Å². The third-order valence-electron chi connectivity index (χ3n) is 2.99. The molecule has 3 aromatic rings. The highest BCUT2D eigenvalue weighted by Gasteiger charge is 2.11. The standard InChI is InChI=1S/C14H11ClN2O2/c1-19-13-4-3-10-11(14(13)15)7-9(8-12(10)18)17-6-2-5-16-17/h2-8,18H,1H3. The summed E-state index contributed by atoms with van der Waals surface area (Å²) >= 11 is 6.28. The Balaban J connectivity index is 2.32. The molecular formula is C14H11ClN2O2. The maximum Gasteiger partial charge on any atom is 0.138 e. The van der Waals surface area contributed by atoms with Gasteiger partial charge in [0.05, 0.1) is 17.8 Å². The van der Waals surface area contributed by atoms with Crippen molar-refractivity contribution in [3.8, 4) is 17.2 Å². The number of nitrogens with zero attached hydrogens (tertiary/aromatic N) is 2. The second-order valence-electron chi connectivity index (χ2n) is 4.09. The fraction of sp³-hybridized carbons (Fsp3) is 0.0714. The molecular weight excluding hydrogens is 264 g/mol. The summed E-state index contributed by atoms with van der Waals surface area (Å²) in [5.41, 5.74) is 0.741. The highest BCUT2D eigenvalue weighted by Crippen LogP contribution is 2.37. The Hall–Kier alpha value is -2.20. The Morgan fingerprint density at radius 1 is 1.26 bits per heavy atom. The number of ether oxygens (including phenoxy) is 1. The summed E-state index contributed by atoms with van der Waals surface area (Å²) in [6.45, 7) is 0. The Morgan fingerprint density at radius 2 is 2.11 bits per heavy atom. The summed E-state index contributed by atoms with van der Waals surface area (Å²) in [5.74, 6) is 0.735. The van der Waals surface area contributed by atoms with E-state index >= 15 is 0 Å². The Bertz CT molecular complexity index is 739. The van der Waals surface area contributed by atoms with Crippen LogP contribution in [0.3, 0.4) is 0 Å². The summed E-state index contributed by atoms with van der Waals surface area (Å²) in [7, 11) is 1.56. The average molecular weight is 275 g/mol. The summed E-state index contributed by atoms with van der Waals surface area (Å²) in [6.07, 6.45) is 3.48. The van der Waals surface area contributed by atoms with E-state index in [0.717, 1.165) is 11.1 Å². The van der Waals surface area contributed by atoms with Crippen molar-refractivity contribution >= 4 is 22.4 Å². The van der Waals surface area contributed by atoms with Gasteiger partial charge in [0, 0.05) is 29.2 Å². The molecule has 0 aliphatic rings. The first-order valence-corrected chi connectivity index (χ1v) is 6.07. The maximum atomic E-state index is 10.1. The number of phenolic OH excluding ortho intramolecular Hbond substituents is 1. The predicted molar refractivity (Wildman–Crippen MR) is 74.3 cm³/mol. The third kappa shape index (κ3) is 1.90. The molecule has 1 aromatic heterocycles. The van der Waals surface area contributed by atoms with Gasteiger partial charge < -0.3 is 9.84 Å². The van der Waals surface area contributed by atoms with Crippen LogP contribution < -0.4 is 4.74 Å². The molecule has 0 aliphatic heterocycles. The molecule has 4 nitrogen and oxygen atoms in total. The van der Waals surface area contributed by atoms with Crippen molar-refractivity contribution in [2.75, 3.05) is 7.11 Å². The van der Waals surface area contributed by atoms with Crippen LogP contribution in [0, 0.1) is 0 Å². The molecule has 0 spiro atoms. The van der Waals surface area contributed by atoms with Gasteiger partial charge in [0.2, 0.25) is 0 Å². The molecule has 1 heterocycles. The highest BCUT2D eigenvalue weighted by molar-refractivity contribution is 6.37. The summed E-state index contributed by atoms with van der Waals surface area (Å²) in [6, 6.07) is 8.85. The Kier molecular flexibility index (Phi) is 2.80. The van der Waals surface area contributed by atoms with Crippen LogP contribution in [0.15, 0.2) is 42.7 Å². The van der Waals surface area contributed by atoms with E-state index in [1.165, 1.54) is 0 Å². The van der Waals surface area contributed by atoms with Gasteiger partial charge in [-0.05, 0) is 24.3 Å². The summed E-state index contributed by atoms with van der Waals surface area (Å²) in [5, 5.41) is 16.1. The van der Waals surface area contributed by atoms with E-state index in [-0.39, 0.29) is 5.75 Å². The molecule has 2 aromatic carbocycles. The van der Waals surface area contributed by atoms with E-state index in [0.29, 0.717) is 16.2 Å². The van der Waals surface area contributed by atoms with Crippen LogP contribution in [0.2, 0.25) is 5.02 Å². The van der Waals surface area contributed by atoms with Crippen molar-refractivity contribution in [2.45, 2.75) is 0 Å². The lowest BCUT2D eigenvalue weighted by Crippen LogP contribution is -1.94. The second-order valence-corrected chi connectivity index (χ2v) is 4.47. The number of aromatic hydroxyl groups is 1. The van der Waals surface area contributed by atoms with Crippen LogP contribution >= 0.6 is 11.6 Å². The number of aromatic nitrogens is 2. The molecule has 5 heteroatoms. The number of hydrogen-bond acceptors (Lipinski definition) is 3. The number of benzene rings is 2. The molecule has 0 atom stereocenters. The van der Waals surface area contributed by atoms with Crippen LogP contribution in [0.25, 0.3) is 16.5 Å². The molecule has 0 bridgehead atoms. The number of halogens is 1. The third-order valence-corrected chi connectivity index (χ3v) is 3.38. The van der Waals surface area contributed by atoms with Gasteiger partial charge >= 0.3 is 0 Å². The average Bonchev–Trinajstić information content (AvgIpc) is 2.94. The molecule has 0 amide bonds. The fourth-order valence-electron chi connectivity index (χ4n) is 2.06. The minimum atomic E-state index is 0.160. The smallest absolute Gasteiger partial charge is 0.138 e. The van der Waals surface area contributed by atoms with Crippen molar-refractivity contribution in [1.82, 2.24) is 9.78 Å². The van der Waals surface area contributed by atoms with Crippen molar-refractivity contribution in [2.24, 2.45) is 0 Å². The zero-order chi connectivity index (χ0) is 13.4. The number of fused-ring (bicyclic) bond motifs is 1. The van der Waals surface area contributed by atoms with Gasteiger partial charge in [0.1, 0.15) is 11.5 Å². The minimum absolute atomic E-state index is 0.160. The number of methoxy groups -OCH3 is 1. The first-order chi connectivity index (χ1) is 9.20. The second kappa shape index (κ2) is 4.48. The topological polar surface area (TPSA) is 47.3 Å². The van der Waals surface area contributed by atoms with Crippen LogP contribution in [-0.4, -0.2) is 22.0 Å². The van der Waals surface area contributed by atoms with Gasteiger partial charge in [-0.1, -0.05) is 11.6 Å². The van der Waals surface area contributed by atoms with E-state index in [9.17, 15) is 5.11 Å².